The van der Waals surface area contributed by atoms with Crippen LogP contribution >= 0.6 is 0 Å². The molecule has 74 valence electrons. The fraction of sp³-hybridized carbons (Fsp3) is 0.800. The quantitative estimate of drug-likeness (QED) is 0.326. The third-order valence-electron chi connectivity index (χ3n) is 1.58. The molecule has 2 radical (unpaired) electrons. The molecule has 0 N–H and O–H groups in total. The molecule has 0 saturated carbocycles. The van der Waals surface area contributed by atoms with Crippen molar-refractivity contribution in [3.8, 4) is 0 Å². The van der Waals surface area contributed by atoms with E-state index < -0.39 is 0 Å². The third kappa shape index (κ3) is 9.32. The van der Waals surface area contributed by atoms with E-state index in [-0.39, 0.29) is 0 Å². The maximum absolute atomic E-state index is 5.51. The van der Waals surface area contributed by atoms with Crippen LogP contribution in [0.15, 0.2) is 11.9 Å². The lowest BCUT2D eigenvalue weighted by Gasteiger charge is -2.06. The van der Waals surface area contributed by atoms with Crippen LogP contribution in [0.4, 0.5) is 0 Å². The Morgan fingerprint density at radius 3 is 2.38 bits per heavy atom. The molecule has 13 heavy (non-hydrogen) atoms. The zero-order valence-electron chi connectivity index (χ0n) is 8.71. The van der Waals surface area contributed by atoms with Crippen molar-refractivity contribution in [2.45, 2.75) is 39.5 Å². The van der Waals surface area contributed by atoms with Crippen molar-refractivity contribution < 1.29 is 9.47 Å². The van der Waals surface area contributed by atoms with E-state index in [1.807, 2.05) is 0 Å². The average Bonchev–Trinajstić information content (AvgIpc) is 2.13. The summed E-state index contributed by atoms with van der Waals surface area (Å²) in [5.41, 5.74) is 0.379. The minimum Gasteiger partial charge on any atom is -0.507 e. The first kappa shape index (κ1) is 12.4. The Morgan fingerprint density at radius 1 is 1.15 bits per heavy atom. The Balaban J connectivity index is 3.29. The van der Waals surface area contributed by atoms with Crippen LogP contribution in [0.25, 0.3) is 0 Å². The zero-order chi connectivity index (χ0) is 9.94. The van der Waals surface area contributed by atoms with Gasteiger partial charge in [0.1, 0.15) is 6.26 Å². The highest BCUT2D eigenvalue weighted by atomic mass is 16.5. The first-order valence-corrected chi connectivity index (χ1v) is 5.01. The molecule has 0 fully saturated rings. The van der Waals surface area contributed by atoms with Gasteiger partial charge in [0.25, 0.3) is 0 Å². The van der Waals surface area contributed by atoms with E-state index in [0.29, 0.717) is 18.9 Å². The number of ether oxygens (including phenoxy) is 2. The Kier molecular flexibility index (Phi) is 9.06. The van der Waals surface area contributed by atoms with Gasteiger partial charge in [0.2, 0.25) is 0 Å². The van der Waals surface area contributed by atoms with Gasteiger partial charge in [-0.05, 0) is 12.8 Å². The molecule has 0 amide bonds. The van der Waals surface area contributed by atoms with Crippen LogP contribution in [-0.4, -0.2) is 21.1 Å². The molecular formula is C10H19BO2. The highest BCUT2D eigenvalue weighted by Crippen LogP contribution is 1.97. The molecular weight excluding hydrogens is 163 g/mol. The second-order valence-corrected chi connectivity index (χ2v) is 2.95. The van der Waals surface area contributed by atoms with Gasteiger partial charge in [-0.25, -0.2) is 0 Å². The van der Waals surface area contributed by atoms with Crippen LogP contribution in [0.2, 0.25) is 0 Å². The zero-order valence-corrected chi connectivity index (χ0v) is 8.71. The van der Waals surface area contributed by atoms with Gasteiger partial charge in [0, 0.05) is 0 Å². The maximum atomic E-state index is 5.51. The van der Waals surface area contributed by atoms with E-state index in [1.54, 1.807) is 0 Å². The van der Waals surface area contributed by atoms with Crippen LogP contribution in [0.5, 0.6) is 0 Å². The van der Waals surface area contributed by atoms with Gasteiger partial charge >= 0.3 is 0 Å². The summed E-state index contributed by atoms with van der Waals surface area (Å²) < 4.78 is 10.3. The van der Waals surface area contributed by atoms with E-state index in [2.05, 4.69) is 13.8 Å². The van der Waals surface area contributed by atoms with Gasteiger partial charge in [0.05, 0.1) is 18.9 Å². The number of unbranched alkanes of at least 4 members (excludes halogenated alkanes) is 2. The summed E-state index contributed by atoms with van der Waals surface area (Å²) in [5, 5.41) is 0. The van der Waals surface area contributed by atoms with E-state index in [0.717, 1.165) is 25.7 Å². The van der Waals surface area contributed by atoms with E-state index >= 15 is 0 Å². The topological polar surface area (TPSA) is 18.5 Å². The summed E-state index contributed by atoms with van der Waals surface area (Å²) in [6, 6.07) is 0. The highest BCUT2D eigenvalue weighted by Gasteiger charge is 1.89. The number of hydrogen-bond donors (Lipinski definition) is 0. The van der Waals surface area contributed by atoms with Crippen molar-refractivity contribution in [3.05, 3.63) is 11.9 Å². The van der Waals surface area contributed by atoms with Crippen molar-refractivity contribution >= 4 is 7.85 Å². The van der Waals surface area contributed by atoms with Gasteiger partial charge in [-0.1, -0.05) is 26.7 Å². The SMILES string of the molecule is [B]C(=COCCCC)OCCCC. The summed E-state index contributed by atoms with van der Waals surface area (Å²) in [7, 11) is 5.51. The summed E-state index contributed by atoms with van der Waals surface area (Å²) in [6.45, 7) is 5.62. The minimum absolute atomic E-state index is 0.379. The Morgan fingerprint density at radius 2 is 1.77 bits per heavy atom. The van der Waals surface area contributed by atoms with Gasteiger partial charge < -0.3 is 9.47 Å². The molecule has 2 nitrogen and oxygen atoms in total. The number of hydrogen-bond acceptors (Lipinski definition) is 2. The summed E-state index contributed by atoms with van der Waals surface area (Å²) in [6.07, 6.45) is 5.82. The van der Waals surface area contributed by atoms with Gasteiger partial charge in [0.15, 0.2) is 7.85 Å². The predicted molar refractivity (Wildman–Crippen MR) is 55.6 cm³/mol. The first-order valence-electron chi connectivity index (χ1n) is 5.01. The molecule has 0 aromatic rings. The second-order valence-electron chi connectivity index (χ2n) is 2.95. The summed E-state index contributed by atoms with van der Waals surface area (Å²) in [4.78, 5) is 0. The Labute approximate surface area is 82.7 Å². The molecule has 0 aromatic heterocycles. The Hall–Kier alpha value is -0.595. The van der Waals surface area contributed by atoms with E-state index in [4.69, 9.17) is 17.3 Å². The molecule has 0 spiro atoms. The van der Waals surface area contributed by atoms with Gasteiger partial charge in [-0.2, -0.15) is 0 Å². The largest absolute Gasteiger partial charge is 0.507 e. The van der Waals surface area contributed by atoms with Crippen LogP contribution in [-0.2, 0) is 9.47 Å². The van der Waals surface area contributed by atoms with Crippen LogP contribution in [0.1, 0.15) is 39.5 Å². The maximum Gasteiger partial charge on any atom is 0.171 e. The summed E-state index contributed by atoms with van der Waals surface area (Å²) in [5.74, 6) is 0. The van der Waals surface area contributed by atoms with Crippen LogP contribution in [0, 0.1) is 0 Å². The monoisotopic (exact) mass is 182 g/mol. The molecule has 3 heteroatoms. The van der Waals surface area contributed by atoms with Crippen molar-refractivity contribution in [2.24, 2.45) is 0 Å². The fourth-order valence-electron chi connectivity index (χ4n) is 0.737. The molecule has 0 atom stereocenters. The molecule has 0 aromatic carbocycles. The number of rotatable bonds is 8. The highest BCUT2D eigenvalue weighted by molar-refractivity contribution is 6.20. The minimum atomic E-state index is 0.379. The molecule has 0 saturated heterocycles. The molecule has 0 aliphatic rings. The van der Waals surface area contributed by atoms with Crippen LogP contribution < -0.4 is 0 Å². The van der Waals surface area contributed by atoms with E-state index in [9.17, 15) is 0 Å². The lowest BCUT2D eigenvalue weighted by molar-refractivity contribution is 0.190. The molecule has 0 heterocycles. The smallest absolute Gasteiger partial charge is 0.171 e. The molecule has 0 aliphatic carbocycles. The van der Waals surface area contributed by atoms with Crippen molar-refractivity contribution in [1.29, 1.82) is 0 Å². The average molecular weight is 182 g/mol. The van der Waals surface area contributed by atoms with Crippen molar-refractivity contribution in [3.63, 3.8) is 0 Å². The molecule has 0 bridgehead atoms. The summed E-state index contributed by atoms with van der Waals surface area (Å²) >= 11 is 0. The molecule has 0 unspecified atom stereocenters. The Bertz CT molecular complexity index is 135. The fourth-order valence-corrected chi connectivity index (χ4v) is 0.737. The molecule has 0 aliphatic heterocycles. The standard InChI is InChI=1S/C10H19BO2/c1-3-5-7-12-9-10(11)13-8-6-4-2/h9H,3-8H2,1-2H3. The van der Waals surface area contributed by atoms with Crippen LogP contribution in [0.3, 0.4) is 0 Å². The lowest BCUT2D eigenvalue weighted by Crippen LogP contribution is -1.96. The van der Waals surface area contributed by atoms with Crippen molar-refractivity contribution in [2.75, 3.05) is 13.2 Å². The molecule has 0 rings (SSSR count). The predicted octanol–water partition coefficient (Wildman–Crippen LogP) is 2.59. The second kappa shape index (κ2) is 9.49. The van der Waals surface area contributed by atoms with Gasteiger partial charge in [-0.15, -0.1) is 0 Å². The first-order chi connectivity index (χ1) is 6.31. The third-order valence-corrected chi connectivity index (χ3v) is 1.58. The van der Waals surface area contributed by atoms with E-state index in [1.165, 1.54) is 6.26 Å². The normalized spacial score (nSPS) is 11.4. The lowest BCUT2D eigenvalue weighted by atomic mass is 10.1. The van der Waals surface area contributed by atoms with Crippen molar-refractivity contribution in [1.82, 2.24) is 0 Å². The van der Waals surface area contributed by atoms with Gasteiger partial charge in [-0.3, -0.25) is 0 Å².